The summed E-state index contributed by atoms with van der Waals surface area (Å²) < 4.78 is 2.10. The molecule has 0 radical (unpaired) electrons. The van der Waals surface area contributed by atoms with E-state index in [4.69, 9.17) is 4.98 Å². The number of aromatic nitrogens is 3. The molecular weight excluding hydrogens is 248 g/mol. The van der Waals surface area contributed by atoms with Crippen LogP contribution >= 0.6 is 0 Å². The summed E-state index contributed by atoms with van der Waals surface area (Å²) >= 11 is 0. The fourth-order valence-electron chi connectivity index (χ4n) is 2.39. The molecule has 0 aromatic carbocycles. The van der Waals surface area contributed by atoms with E-state index in [0.29, 0.717) is 0 Å². The zero-order valence-corrected chi connectivity index (χ0v) is 12.3. The molecule has 1 aliphatic carbocycles. The van der Waals surface area contributed by atoms with Gasteiger partial charge in [-0.3, -0.25) is 4.57 Å². The summed E-state index contributed by atoms with van der Waals surface area (Å²) in [5, 5.41) is 3.57. The molecule has 20 heavy (non-hydrogen) atoms. The zero-order valence-electron chi connectivity index (χ0n) is 12.3. The van der Waals surface area contributed by atoms with Gasteiger partial charge in [0.15, 0.2) is 0 Å². The predicted octanol–water partition coefficient (Wildman–Crippen LogP) is 2.64. The standard InChI is InChI=1S/C16H22N4/c1-3-13-9-12(11-18-14-5-6-14)10-16(19-13)20-8-7-17-15(20)4-2/h7-10,14,18H,3-6,11H2,1-2H3. The first kappa shape index (κ1) is 13.3. The highest BCUT2D eigenvalue weighted by molar-refractivity contribution is 5.32. The highest BCUT2D eigenvalue weighted by Crippen LogP contribution is 2.20. The summed E-state index contributed by atoms with van der Waals surface area (Å²) in [5.41, 5.74) is 2.46. The third-order valence-corrected chi connectivity index (χ3v) is 3.74. The molecule has 0 unspecified atom stereocenters. The van der Waals surface area contributed by atoms with Crippen LogP contribution in [0.5, 0.6) is 0 Å². The van der Waals surface area contributed by atoms with E-state index in [1.165, 1.54) is 18.4 Å². The van der Waals surface area contributed by atoms with Crippen LogP contribution in [0.15, 0.2) is 24.5 Å². The number of aryl methyl sites for hydroxylation is 2. The van der Waals surface area contributed by atoms with Crippen molar-refractivity contribution in [2.45, 2.75) is 52.1 Å². The summed E-state index contributed by atoms with van der Waals surface area (Å²) in [5.74, 6) is 2.05. The number of imidazole rings is 1. The van der Waals surface area contributed by atoms with Crippen molar-refractivity contribution in [2.75, 3.05) is 0 Å². The number of rotatable bonds is 6. The Morgan fingerprint density at radius 1 is 1.25 bits per heavy atom. The molecule has 0 spiro atoms. The number of nitrogens with zero attached hydrogens (tertiary/aromatic N) is 3. The fourth-order valence-corrected chi connectivity index (χ4v) is 2.39. The maximum absolute atomic E-state index is 4.74. The second-order valence-corrected chi connectivity index (χ2v) is 5.40. The summed E-state index contributed by atoms with van der Waals surface area (Å²) in [7, 11) is 0. The number of nitrogens with one attached hydrogen (secondary N) is 1. The van der Waals surface area contributed by atoms with Gasteiger partial charge in [0.1, 0.15) is 11.6 Å². The largest absolute Gasteiger partial charge is 0.310 e. The van der Waals surface area contributed by atoms with Crippen molar-refractivity contribution >= 4 is 0 Å². The zero-order chi connectivity index (χ0) is 13.9. The van der Waals surface area contributed by atoms with Crippen LogP contribution < -0.4 is 5.32 Å². The van der Waals surface area contributed by atoms with Gasteiger partial charge < -0.3 is 5.32 Å². The first-order chi connectivity index (χ1) is 9.80. The first-order valence-electron chi connectivity index (χ1n) is 7.56. The third kappa shape index (κ3) is 2.90. The third-order valence-electron chi connectivity index (χ3n) is 3.74. The molecule has 2 aromatic heterocycles. The van der Waals surface area contributed by atoms with E-state index < -0.39 is 0 Å². The van der Waals surface area contributed by atoms with Crippen LogP contribution in [-0.4, -0.2) is 20.6 Å². The van der Waals surface area contributed by atoms with Crippen molar-refractivity contribution in [3.63, 3.8) is 0 Å². The Hall–Kier alpha value is -1.68. The summed E-state index contributed by atoms with van der Waals surface area (Å²) in [6.45, 7) is 5.21. The molecule has 1 aliphatic rings. The quantitative estimate of drug-likeness (QED) is 0.877. The smallest absolute Gasteiger partial charge is 0.138 e. The molecule has 4 heteroatoms. The van der Waals surface area contributed by atoms with E-state index in [9.17, 15) is 0 Å². The van der Waals surface area contributed by atoms with Crippen LogP contribution in [0.3, 0.4) is 0 Å². The van der Waals surface area contributed by atoms with Gasteiger partial charge in [-0.05, 0) is 37.0 Å². The molecule has 2 aromatic rings. The van der Waals surface area contributed by atoms with Gasteiger partial charge in [0.05, 0.1) is 0 Å². The van der Waals surface area contributed by atoms with Crippen molar-refractivity contribution in [3.8, 4) is 5.82 Å². The van der Waals surface area contributed by atoms with Gasteiger partial charge in [-0.25, -0.2) is 9.97 Å². The van der Waals surface area contributed by atoms with Crippen molar-refractivity contribution < 1.29 is 0 Å². The van der Waals surface area contributed by atoms with Crippen molar-refractivity contribution in [2.24, 2.45) is 0 Å². The van der Waals surface area contributed by atoms with Crippen molar-refractivity contribution in [1.29, 1.82) is 0 Å². The molecule has 4 nitrogen and oxygen atoms in total. The normalized spacial score (nSPS) is 14.7. The SMILES string of the molecule is CCc1cc(CNC2CC2)cc(-n2ccnc2CC)n1. The van der Waals surface area contributed by atoms with Gasteiger partial charge in [0, 0.05) is 37.1 Å². The molecule has 0 saturated heterocycles. The first-order valence-corrected chi connectivity index (χ1v) is 7.56. The monoisotopic (exact) mass is 270 g/mol. The second kappa shape index (κ2) is 5.75. The molecule has 1 N–H and O–H groups in total. The predicted molar refractivity (Wildman–Crippen MR) is 80.0 cm³/mol. The average Bonchev–Trinajstić information content (AvgIpc) is 3.19. The van der Waals surface area contributed by atoms with Crippen LogP contribution in [-0.2, 0) is 19.4 Å². The molecule has 0 atom stereocenters. The van der Waals surface area contributed by atoms with E-state index in [2.05, 4.69) is 40.8 Å². The van der Waals surface area contributed by atoms with Gasteiger partial charge in [-0.1, -0.05) is 13.8 Å². The van der Waals surface area contributed by atoms with Gasteiger partial charge in [0.25, 0.3) is 0 Å². The van der Waals surface area contributed by atoms with Crippen molar-refractivity contribution in [3.05, 3.63) is 41.6 Å². The molecule has 106 valence electrons. The molecule has 1 fully saturated rings. The second-order valence-electron chi connectivity index (χ2n) is 5.40. The molecule has 0 aliphatic heterocycles. The lowest BCUT2D eigenvalue weighted by molar-refractivity contribution is 0.684. The Morgan fingerprint density at radius 3 is 2.80 bits per heavy atom. The molecule has 3 rings (SSSR count). The lowest BCUT2D eigenvalue weighted by Gasteiger charge is -2.11. The van der Waals surface area contributed by atoms with E-state index in [0.717, 1.165) is 42.8 Å². The highest BCUT2D eigenvalue weighted by atomic mass is 15.1. The maximum Gasteiger partial charge on any atom is 0.138 e. The Bertz CT molecular complexity index is 584. The van der Waals surface area contributed by atoms with Crippen LogP contribution in [0.4, 0.5) is 0 Å². The minimum atomic E-state index is 0.733. The van der Waals surface area contributed by atoms with Crippen LogP contribution in [0.2, 0.25) is 0 Å². The van der Waals surface area contributed by atoms with Crippen LogP contribution in [0.25, 0.3) is 5.82 Å². The van der Waals surface area contributed by atoms with E-state index >= 15 is 0 Å². The summed E-state index contributed by atoms with van der Waals surface area (Å²) in [6, 6.07) is 5.12. The molecule has 2 heterocycles. The number of pyridine rings is 1. The van der Waals surface area contributed by atoms with E-state index in [-0.39, 0.29) is 0 Å². The lowest BCUT2D eigenvalue weighted by Crippen LogP contribution is -2.16. The molecule has 0 bridgehead atoms. The number of hydrogen-bond acceptors (Lipinski definition) is 3. The lowest BCUT2D eigenvalue weighted by atomic mass is 10.2. The van der Waals surface area contributed by atoms with Gasteiger partial charge >= 0.3 is 0 Å². The summed E-state index contributed by atoms with van der Waals surface area (Å²) in [4.78, 5) is 9.13. The van der Waals surface area contributed by atoms with Crippen molar-refractivity contribution in [1.82, 2.24) is 19.9 Å². The average molecular weight is 270 g/mol. The fraction of sp³-hybridized carbons (Fsp3) is 0.500. The molecular formula is C16H22N4. The van der Waals surface area contributed by atoms with Crippen LogP contribution in [0.1, 0.15) is 43.8 Å². The molecule has 0 amide bonds. The Labute approximate surface area is 120 Å². The van der Waals surface area contributed by atoms with Gasteiger partial charge in [-0.15, -0.1) is 0 Å². The Morgan fingerprint density at radius 2 is 2.10 bits per heavy atom. The van der Waals surface area contributed by atoms with Gasteiger partial charge in [-0.2, -0.15) is 0 Å². The summed E-state index contributed by atoms with van der Waals surface area (Å²) in [6.07, 6.45) is 8.36. The number of hydrogen-bond donors (Lipinski definition) is 1. The van der Waals surface area contributed by atoms with Gasteiger partial charge in [0.2, 0.25) is 0 Å². The van der Waals surface area contributed by atoms with E-state index in [1.807, 2.05) is 12.4 Å². The minimum absolute atomic E-state index is 0.733. The van der Waals surface area contributed by atoms with E-state index in [1.54, 1.807) is 0 Å². The Balaban J connectivity index is 1.90. The highest BCUT2D eigenvalue weighted by Gasteiger charge is 2.20. The maximum atomic E-state index is 4.74. The topological polar surface area (TPSA) is 42.7 Å². The molecule has 1 saturated carbocycles. The minimum Gasteiger partial charge on any atom is -0.310 e. The van der Waals surface area contributed by atoms with Crippen LogP contribution in [0, 0.1) is 0 Å². The Kier molecular flexibility index (Phi) is 3.83.